The summed E-state index contributed by atoms with van der Waals surface area (Å²) in [4.78, 5) is 9.57. The van der Waals surface area contributed by atoms with Gasteiger partial charge < -0.3 is 9.88 Å². The maximum absolute atomic E-state index is 13.9. The summed E-state index contributed by atoms with van der Waals surface area (Å²) in [5.74, 6) is -0.0990. The molecule has 3 heterocycles. The number of sulfonamides is 1. The maximum Gasteiger partial charge on any atom is 0.252 e. The van der Waals surface area contributed by atoms with Crippen molar-refractivity contribution in [1.29, 1.82) is 5.26 Å². The fraction of sp³-hybridized carbons (Fsp3) is 0.280. The predicted octanol–water partition coefficient (Wildman–Crippen LogP) is 3.94. The van der Waals surface area contributed by atoms with E-state index in [9.17, 15) is 13.7 Å². The van der Waals surface area contributed by atoms with Crippen LogP contribution in [0.4, 0.5) is 0 Å². The van der Waals surface area contributed by atoms with E-state index < -0.39 is 10.0 Å². The Morgan fingerprint density at radius 1 is 1.15 bits per heavy atom. The topological polar surface area (TPSA) is 93.1 Å². The molecule has 1 aliphatic heterocycles. The smallest absolute Gasteiger partial charge is 0.252 e. The van der Waals surface area contributed by atoms with E-state index in [0.717, 1.165) is 17.0 Å². The number of allylic oxidation sites excluding steroid dienone is 3. The molecule has 0 saturated carbocycles. The third kappa shape index (κ3) is 4.57. The third-order valence-corrected chi connectivity index (χ3v) is 9.67. The van der Waals surface area contributed by atoms with Crippen LogP contribution in [0.15, 0.2) is 88.0 Å². The van der Waals surface area contributed by atoms with Crippen LogP contribution < -0.4 is 0 Å². The van der Waals surface area contributed by atoms with Gasteiger partial charge in [-0.15, -0.1) is 11.3 Å². The Morgan fingerprint density at radius 3 is 2.71 bits per heavy atom. The minimum Gasteiger partial charge on any atom is -0.367 e. The van der Waals surface area contributed by atoms with Crippen molar-refractivity contribution in [2.24, 2.45) is 5.92 Å². The normalized spacial score (nSPS) is 21.2. The number of imidazole rings is 1. The van der Waals surface area contributed by atoms with Crippen LogP contribution in [-0.4, -0.2) is 46.7 Å². The average molecular weight is 492 g/mol. The Kier molecular flexibility index (Phi) is 6.37. The lowest BCUT2D eigenvalue weighted by Gasteiger charge is -2.32. The van der Waals surface area contributed by atoms with Gasteiger partial charge in [0.2, 0.25) is 0 Å². The molecule has 1 aromatic carbocycles. The first-order chi connectivity index (χ1) is 16.5. The van der Waals surface area contributed by atoms with Crippen molar-refractivity contribution in [2.75, 3.05) is 13.1 Å². The highest BCUT2D eigenvalue weighted by atomic mass is 32.2. The molecule has 1 N–H and O–H groups in total. The molecule has 5 rings (SSSR count). The van der Waals surface area contributed by atoms with Gasteiger partial charge in [0.15, 0.2) is 0 Å². The zero-order chi connectivity index (χ0) is 23.5. The molecule has 3 aromatic rings. The van der Waals surface area contributed by atoms with Crippen molar-refractivity contribution >= 4 is 21.4 Å². The minimum atomic E-state index is -3.70. The van der Waals surface area contributed by atoms with E-state index in [-0.39, 0.29) is 12.0 Å². The van der Waals surface area contributed by atoms with Gasteiger partial charge in [-0.3, -0.25) is 0 Å². The molecule has 34 heavy (non-hydrogen) atoms. The molecule has 2 atom stereocenters. The fourth-order valence-corrected chi connectivity index (χ4v) is 7.57. The number of rotatable bonds is 6. The highest BCUT2D eigenvalue weighted by Crippen LogP contribution is 2.36. The summed E-state index contributed by atoms with van der Waals surface area (Å²) in [6.07, 6.45) is 8.43. The monoisotopic (exact) mass is 491 g/mol. The molecule has 0 amide bonds. The van der Waals surface area contributed by atoms with E-state index in [2.05, 4.69) is 20.9 Å². The van der Waals surface area contributed by atoms with Gasteiger partial charge in [-0.2, -0.15) is 9.57 Å². The molecule has 0 bridgehead atoms. The lowest BCUT2D eigenvalue weighted by Crippen LogP contribution is -2.45. The van der Waals surface area contributed by atoms with Crippen molar-refractivity contribution in [3.8, 4) is 6.07 Å². The Morgan fingerprint density at radius 2 is 2.00 bits per heavy atom. The summed E-state index contributed by atoms with van der Waals surface area (Å²) in [7, 11) is -3.70. The van der Waals surface area contributed by atoms with Gasteiger partial charge in [0, 0.05) is 42.5 Å². The number of hydrogen-bond donors (Lipinski definition) is 1. The first-order valence-electron chi connectivity index (χ1n) is 11.2. The average Bonchev–Trinajstić information content (AvgIpc) is 3.55. The van der Waals surface area contributed by atoms with Gasteiger partial charge in [-0.25, -0.2) is 13.4 Å². The van der Waals surface area contributed by atoms with Crippen molar-refractivity contribution in [2.45, 2.75) is 29.6 Å². The van der Waals surface area contributed by atoms with Gasteiger partial charge in [-0.1, -0.05) is 36.4 Å². The van der Waals surface area contributed by atoms with Crippen molar-refractivity contribution in [1.82, 2.24) is 19.2 Å². The lowest BCUT2D eigenvalue weighted by molar-refractivity contribution is 0.258. The highest BCUT2D eigenvalue weighted by Gasteiger charge is 2.40. The van der Waals surface area contributed by atoms with Crippen molar-refractivity contribution in [3.63, 3.8) is 0 Å². The zero-order valence-corrected chi connectivity index (χ0v) is 20.2. The number of fused-ring (bicyclic) bond motifs is 1. The van der Waals surface area contributed by atoms with Gasteiger partial charge in [0.1, 0.15) is 4.21 Å². The van der Waals surface area contributed by atoms with Crippen LogP contribution in [0.3, 0.4) is 0 Å². The van der Waals surface area contributed by atoms with E-state index in [0.29, 0.717) is 42.3 Å². The molecule has 174 valence electrons. The molecule has 1 aliphatic carbocycles. The maximum atomic E-state index is 13.9. The molecule has 1 saturated heterocycles. The fourth-order valence-electron chi connectivity index (χ4n) is 4.79. The Hall–Kier alpha value is -3.19. The molecular formula is C25H25N5O2S2. The molecule has 0 radical (unpaired) electrons. The van der Waals surface area contributed by atoms with Crippen LogP contribution in [0.25, 0.3) is 0 Å². The second-order valence-corrected chi connectivity index (χ2v) is 11.7. The van der Waals surface area contributed by atoms with E-state index >= 15 is 0 Å². The molecule has 1 fully saturated rings. The van der Waals surface area contributed by atoms with Crippen LogP contribution in [0.5, 0.6) is 0 Å². The number of aromatic amines is 1. The number of nitrogens with zero attached hydrogens (tertiary/aromatic N) is 4. The number of H-pyrrole nitrogens is 1. The van der Waals surface area contributed by atoms with Gasteiger partial charge in [0.05, 0.1) is 24.6 Å². The zero-order valence-electron chi connectivity index (χ0n) is 18.5. The molecule has 2 aromatic heterocycles. The van der Waals surface area contributed by atoms with Gasteiger partial charge >= 0.3 is 0 Å². The van der Waals surface area contributed by atoms with Crippen LogP contribution in [0, 0.1) is 17.2 Å². The van der Waals surface area contributed by atoms with Gasteiger partial charge in [-0.05, 0) is 42.0 Å². The minimum absolute atomic E-state index is 0.0990. The van der Waals surface area contributed by atoms with E-state index in [1.807, 2.05) is 42.5 Å². The Labute approximate surface area is 203 Å². The second-order valence-electron chi connectivity index (χ2n) is 8.60. The summed E-state index contributed by atoms with van der Waals surface area (Å²) < 4.78 is 29.7. The summed E-state index contributed by atoms with van der Waals surface area (Å²) >= 11 is 1.24. The standard InChI is InChI=1S/C25H25N5O2S2/c26-13-20-8-9-24-21(11-20)15-30(34(31,32)25-7-4-10-33-25)23(12-19-5-2-1-3-6-19)17-29(24)16-22-14-27-18-28-22/h1-10,14,18,21,23H,11-12,15-17H2,(H,27,28). The SMILES string of the molecule is N#CC1=CC=C2C(C1)CN(S(=O)(=O)c1cccs1)C(Cc1ccccc1)CN2Cc1cnc[nH]1. The number of nitriles is 1. The molecule has 2 aliphatic rings. The first-order valence-corrected chi connectivity index (χ1v) is 13.5. The highest BCUT2D eigenvalue weighted by molar-refractivity contribution is 7.91. The molecular weight excluding hydrogens is 466 g/mol. The van der Waals surface area contributed by atoms with Crippen LogP contribution >= 0.6 is 11.3 Å². The van der Waals surface area contributed by atoms with Crippen LogP contribution in [-0.2, 0) is 23.0 Å². The Bertz CT molecular complexity index is 1320. The largest absolute Gasteiger partial charge is 0.367 e. The number of benzene rings is 1. The number of aromatic nitrogens is 2. The summed E-state index contributed by atoms with van der Waals surface area (Å²) in [5, 5.41) is 11.3. The first kappa shape index (κ1) is 22.6. The third-order valence-electron chi connectivity index (χ3n) is 6.38. The quantitative estimate of drug-likeness (QED) is 0.564. The van der Waals surface area contributed by atoms with E-state index in [4.69, 9.17) is 0 Å². The number of hydrogen-bond acceptors (Lipinski definition) is 6. The summed E-state index contributed by atoms with van der Waals surface area (Å²) in [5.41, 5.74) is 3.79. The van der Waals surface area contributed by atoms with Crippen molar-refractivity contribution < 1.29 is 8.42 Å². The number of thiophene rings is 1. The van der Waals surface area contributed by atoms with E-state index in [1.54, 1.807) is 34.3 Å². The van der Waals surface area contributed by atoms with Crippen molar-refractivity contribution in [3.05, 3.63) is 95.0 Å². The molecule has 9 heteroatoms. The van der Waals surface area contributed by atoms with Crippen LogP contribution in [0.2, 0.25) is 0 Å². The predicted molar refractivity (Wildman–Crippen MR) is 131 cm³/mol. The molecule has 7 nitrogen and oxygen atoms in total. The summed E-state index contributed by atoms with van der Waals surface area (Å²) in [6, 6.07) is 15.5. The molecule has 0 spiro atoms. The lowest BCUT2D eigenvalue weighted by atomic mass is 9.91. The number of nitrogens with one attached hydrogen (secondary N) is 1. The van der Waals surface area contributed by atoms with Crippen LogP contribution in [0.1, 0.15) is 17.7 Å². The second kappa shape index (κ2) is 9.58. The summed E-state index contributed by atoms with van der Waals surface area (Å²) in [6.45, 7) is 1.47. The van der Waals surface area contributed by atoms with E-state index in [1.165, 1.54) is 11.3 Å². The Balaban J connectivity index is 1.58. The molecule has 2 unspecified atom stereocenters. The van der Waals surface area contributed by atoms with Gasteiger partial charge in [0.25, 0.3) is 10.0 Å².